The third-order valence-corrected chi connectivity index (χ3v) is 4.79. The van der Waals surface area contributed by atoms with Crippen molar-refractivity contribution in [1.29, 1.82) is 0 Å². The molecule has 0 saturated carbocycles. The monoisotopic (exact) mass is 355 g/mol. The molecular weight excluding hydrogens is 341 g/mol. The Bertz CT molecular complexity index is 684. The smallest absolute Gasteiger partial charge is 0.220 e. The van der Waals surface area contributed by atoms with E-state index in [1.54, 1.807) is 18.2 Å². The van der Waals surface area contributed by atoms with Crippen molar-refractivity contribution in [3.05, 3.63) is 56.2 Å². The maximum absolute atomic E-state index is 11.9. The summed E-state index contributed by atoms with van der Waals surface area (Å²) in [6, 6.07) is 10.5. The predicted molar refractivity (Wildman–Crippen MR) is 90.9 cm³/mol. The molecule has 6 heteroatoms. The van der Waals surface area contributed by atoms with Crippen LogP contribution in [-0.4, -0.2) is 11.7 Å². The summed E-state index contributed by atoms with van der Waals surface area (Å²) in [6.07, 6.45) is 0.307. The van der Waals surface area contributed by atoms with E-state index in [-0.39, 0.29) is 30.6 Å². The van der Waals surface area contributed by atoms with E-state index in [2.05, 4.69) is 5.32 Å². The lowest BCUT2D eigenvalue weighted by atomic mass is 10.1. The summed E-state index contributed by atoms with van der Waals surface area (Å²) >= 11 is 13.1. The molecule has 0 saturated heterocycles. The van der Waals surface area contributed by atoms with E-state index in [1.807, 2.05) is 25.1 Å². The molecule has 3 nitrogen and oxygen atoms in total. The normalized spacial score (nSPS) is 12.0. The second-order valence-corrected chi connectivity index (χ2v) is 6.96. The van der Waals surface area contributed by atoms with Gasteiger partial charge in [-0.05, 0) is 30.7 Å². The number of hydrogen-bond acceptors (Lipinski definition) is 3. The lowest BCUT2D eigenvalue weighted by Gasteiger charge is -2.15. The number of thiophene rings is 1. The van der Waals surface area contributed by atoms with Crippen molar-refractivity contribution >= 4 is 46.2 Å². The van der Waals surface area contributed by atoms with Crippen molar-refractivity contribution in [2.24, 2.45) is 0 Å². The minimum absolute atomic E-state index is 0.0718. The number of carbonyl (C=O) groups is 2. The van der Waals surface area contributed by atoms with Gasteiger partial charge in [0.25, 0.3) is 0 Å². The number of Topliss-reactive ketones (excluding diaryl/α,β-unsaturated/α-hetero) is 1. The molecule has 1 aromatic heterocycles. The Balaban J connectivity index is 1.85. The van der Waals surface area contributed by atoms with Crippen molar-refractivity contribution in [2.75, 3.05) is 0 Å². The molecule has 0 aliphatic carbocycles. The van der Waals surface area contributed by atoms with E-state index in [0.717, 1.165) is 5.56 Å². The molecule has 1 amide bonds. The first kappa shape index (κ1) is 17.0. The molecule has 116 valence electrons. The van der Waals surface area contributed by atoms with E-state index < -0.39 is 0 Å². The van der Waals surface area contributed by atoms with Gasteiger partial charge in [0.2, 0.25) is 5.91 Å². The van der Waals surface area contributed by atoms with Gasteiger partial charge < -0.3 is 5.32 Å². The van der Waals surface area contributed by atoms with Gasteiger partial charge in [0.05, 0.1) is 15.3 Å². The highest BCUT2D eigenvalue weighted by molar-refractivity contribution is 7.18. The number of halogens is 2. The van der Waals surface area contributed by atoms with Gasteiger partial charge in [-0.25, -0.2) is 0 Å². The van der Waals surface area contributed by atoms with E-state index in [1.165, 1.54) is 11.3 Å². The van der Waals surface area contributed by atoms with Crippen LogP contribution < -0.4 is 5.32 Å². The SMILES string of the molecule is CC(NC(=O)CCC(=O)c1ccc(Cl)s1)c1ccccc1Cl. The number of amides is 1. The quantitative estimate of drug-likeness (QED) is 0.749. The third-order valence-electron chi connectivity index (χ3n) is 3.18. The van der Waals surface area contributed by atoms with E-state index in [0.29, 0.717) is 14.2 Å². The number of ketones is 1. The molecule has 2 rings (SSSR count). The zero-order valence-corrected chi connectivity index (χ0v) is 14.3. The lowest BCUT2D eigenvalue weighted by molar-refractivity contribution is -0.121. The minimum Gasteiger partial charge on any atom is -0.350 e. The first-order valence-corrected chi connectivity index (χ1v) is 8.37. The van der Waals surface area contributed by atoms with Crippen LogP contribution in [0.3, 0.4) is 0 Å². The second kappa shape index (κ2) is 7.77. The van der Waals surface area contributed by atoms with Gasteiger partial charge in [0.15, 0.2) is 5.78 Å². The minimum atomic E-state index is -0.201. The van der Waals surface area contributed by atoms with Crippen LogP contribution in [-0.2, 0) is 4.79 Å². The fourth-order valence-electron chi connectivity index (χ4n) is 2.03. The van der Waals surface area contributed by atoms with E-state index >= 15 is 0 Å². The molecule has 0 fully saturated rings. The molecule has 1 atom stereocenters. The predicted octanol–water partition coefficient (Wildman–Crippen LogP) is 4.90. The summed E-state index contributed by atoms with van der Waals surface area (Å²) in [7, 11) is 0. The number of nitrogens with one attached hydrogen (secondary N) is 1. The Morgan fingerprint density at radius 1 is 1.14 bits per heavy atom. The molecule has 1 aromatic carbocycles. The first-order chi connectivity index (χ1) is 10.5. The highest BCUT2D eigenvalue weighted by Crippen LogP contribution is 2.24. The van der Waals surface area contributed by atoms with Crippen LogP contribution in [0.5, 0.6) is 0 Å². The summed E-state index contributed by atoms with van der Waals surface area (Å²) in [5.41, 5.74) is 0.855. The van der Waals surface area contributed by atoms with Gasteiger partial charge in [-0.1, -0.05) is 41.4 Å². The maximum atomic E-state index is 11.9. The van der Waals surface area contributed by atoms with Crippen molar-refractivity contribution in [1.82, 2.24) is 5.32 Å². The largest absolute Gasteiger partial charge is 0.350 e. The number of carbonyl (C=O) groups excluding carboxylic acids is 2. The van der Waals surface area contributed by atoms with Gasteiger partial charge in [-0.15, -0.1) is 11.3 Å². The van der Waals surface area contributed by atoms with Crippen LogP contribution in [0.25, 0.3) is 0 Å². The summed E-state index contributed by atoms with van der Waals surface area (Å²) < 4.78 is 0.570. The molecule has 0 aliphatic heterocycles. The molecule has 1 unspecified atom stereocenters. The van der Waals surface area contributed by atoms with Crippen LogP contribution in [0.15, 0.2) is 36.4 Å². The van der Waals surface area contributed by atoms with Gasteiger partial charge >= 0.3 is 0 Å². The topological polar surface area (TPSA) is 46.2 Å². The first-order valence-electron chi connectivity index (χ1n) is 6.79. The zero-order valence-electron chi connectivity index (χ0n) is 11.9. The molecule has 0 spiro atoms. The van der Waals surface area contributed by atoms with Crippen LogP contribution in [0.4, 0.5) is 0 Å². The van der Waals surface area contributed by atoms with Crippen LogP contribution in [0.2, 0.25) is 9.36 Å². The fourth-order valence-corrected chi connectivity index (χ4v) is 3.34. The summed E-state index contributed by atoms with van der Waals surface area (Å²) in [4.78, 5) is 24.5. The Kier molecular flexibility index (Phi) is 6.00. The second-order valence-electron chi connectivity index (χ2n) is 4.84. The lowest BCUT2D eigenvalue weighted by Crippen LogP contribution is -2.27. The Morgan fingerprint density at radius 2 is 1.86 bits per heavy atom. The van der Waals surface area contributed by atoms with Crippen LogP contribution in [0.1, 0.15) is 41.0 Å². The molecule has 1 heterocycles. The summed E-state index contributed by atoms with van der Waals surface area (Å²) in [6.45, 7) is 1.86. The average Bonchev–Trinajstić information content (AvgIpc) is 2.91. The Labute approximate surface area is 143 Å². The van der Waals surface area contributed by atoms with Crippen LogP contribution in [0, 0.1) is 0 Å². The Morgan fingerprint density at radius 3 is 2.50 bits per heavy atom. The van der Waals surface area contributed by atoms with Gasteiger partial charge in [-0.2, -0.15) is 0 Å². The van der Waals surface area contributed by atoms with E-state index in [4.69, 9.17) is 23.2 Å². The zero-order chi connectivity index (χ0) is 16.1. The van der Waals surface area contributed by atoms with Gasteiger partial charge in [0.1, 0.15) is 0 Å². The molecule has 0 radical (unpaired) electrons. The summed E-state index contributed by atoms with van der Waals surface area (Å²) in [5.74, 6) is -0.249. The average molecular weight is 356 g/mol. The van der Waals surface area contributed by atoms with Gasteiger partial charge in [-0.3, -0.25) is 9.59 Å². The molecule has 1 N–H and O–H groups in total. The molecule has 22 heavy (non-hydrogen) atoms. The van der Waals surface area contributed by atoms with E-state index in [9.17, 15) is 9.59 Å². The molecular formula is C16H15Cl2NO2S. The van der Waals surface area contributed by atoms with Crippen molar-refractivity contribution in [2.45, 2.75) is 25.8 Å². The Hall–Kier alpha value is -1.36. The molecule has 2 aromatic rings. The fraction of sp³-hybridized carbons (Fsp3) is 0.250. The van der Waals surface area contributed by atoms with Crippen molar-refractivity contribution in [3.63, 3.8) is 0 Å². The number of hydrogen-bond donors (Lipinski definition) is 1. The number of rotatable bonds is 6. The summed E-state index contributed by atoms with van der Waals surface area (Å²) in [5, 5.41) is 3.46. The number of benzene rings is 1. The maximum Gasteiger partial charge on any atom is 0.220 e. The van der Waals surface area contributed by atoms with Crippen molar-refractivity contribution < 1.29 is 9.59 Å². The highest BCUT2D eigenvalue weighted by Gasteiger charge is 2.15. The van der Waals surface area contributed by atoms with Crippen molar-refractivity contribution in [3.8, 4) is 0 Å². The highest BCUT2D eigenvalue weighted by atomic mass is 35.5. The molecule has 0 bridgehead atoms. The van der Waals surface area contributed by atoms with Gasteiger partial charge in [0, 0.05) is 17.9 Å². The van der Waals surface area contributed by atoms with Crippen LogP contribution >= 0.6 is 34.5 Å². The molecule has 0 aliphatic rings. The standard InChI is InChI=1S/C16H15Cl2NO2S/c1-10(11-4-2-3-5-12(11)17)19-16(21)9-6-13(20)14-7-8-15(18)22-14/h2-5,7-8,10H,6,9H2,1H3,(H,19,21). The third kappa shape index (κ3) is 4.57.